The number of ether oxygens (including phenoxy) is 1. The van der Waals surface area contributed by atoms with Crippen LogP contribution in [0, 0.1) is 11.2 Å². The van der Waals surface area contributed by atoms with Crippen LogP contribution in [-0.2, 0) is 14.3 Å². The molecule has 23 heavy (non-hydrogen) atoms. The smallest absolute Gasteiger partial charge is 0.316 e. The monoisotopic (exact) mass is 359 g/mol. The zero-order chi connectivity index (χ0) is 16.8. The van der Waals surface area contributed by atoms with Crippen LogP contribution in [0.4, 0.5) is 4.39 Å². The number of halogens is 3. The highest BCUT2D eigenvalue weighted by Gasteiger charge is 2.69. The van der Waals surface area contributed by atoms with E-state index < -0.39 is 33.5 Å². The number of rotatable bonds is 5. The molecule has 4 nitrogen and oxygen atoms in total. The van der Waals surface area contributed by atoms with Gasteiger partial charge in [-0.3, -0.25) is 9.59 Å². The number of esters is 1. The second-order valence-corrected chi connectivity index (χ2v) is 7.82. The van der Waals surface area contributed by atoms with Crippen molar-refractivity contribution in [1.29, 1.82) is 0 Å². The molecule has 2 aliphatic carbocycles. The van der Waals surface area contributed by atoms with Gasteiger partial charge < -0.3 is 10.1 Å². The average Bonchev–Trinajstić information content (AvgIpc) is 3.36. The maximum atomic E-state index is 13.1. The lowest BCUT2D eigenvalue weighted by molar-refractivity contribution is -0.161. The first-order valence-corrected chi connectivity index (χ1v) is 8.13. The molecule has 2 aliphatic rings. The lowest BCUT2D eigenvalue weighted by Crippen LogP contribution is -2.35. The van der Waals surface area contributed by atoms with E-state index >= 15 is 0 Å². The first-order valence-electron chi connectivity index (χ1n) is 7.38. The molecule has 2 fully saturated rings. The topological polar surface area (TPSA) is 55.4 Å². The van der Waals surface area contributed by atoms with Crippen LogP contribution in [0.15, 0.2) is 24.3 Å². The first-order chi connectivity index (χ1) is 10.7. The summed E-state index contributed by atoms with van der Waals surface area (Å²) in [5, 5.41) is 2.79. The van der Waals surface area contributed by atoms with Crippen molar-refractivity contribution in [2.24, 2.45) is 5.41 Å². The number of alkyl halides is 2. The van der Waals surface area contributed by atoms with Crippen molar-refractivity contribution in [2.45, 2.75) is 42.7 Å². The highest BCUT2D eigenvalue weighted by Crippen LogP contribution is 2.64. The Morgan fingerprint density at radius 3 is 2.35 bits per heavy atom. The quantitative estimate of drug-likeness (QED) is 0.648. The summed E-state index contributed by atoms with van der Waals surface area (Å²) in [7, 11) is 0. The van der Waals surface area contributed by atoms with Crippen molar-refractivity contribution in [3.8, 4) is 0 Å². The van der Waals surface area contributed by atoms with Crippen LogP contribution in [0.25, 0.3) is 0 Å². The van der Waals surface area contributed by atoms with E-state index in [1.165, 1.54) is 24.3 Å². The van der Waals surface area contributed by atoms with Gasteiger partial charge in [-0.25, -0.2) is 4.39 Å². The lowest BCUT2D eigenvalue weighted by atomic mass is 10.1. The standard InChI is InChI=1S/C16H16Cl2FNO3/c1-15(8-16(15,17)18)14(22)23-12(13(21)20-11-6-7-11)9-2-4-10(19)5-3-9/h2-5,11-12H,6-8H2,1H3,(H,20,21). The van der Waals surface area contributed by atoms with Crippen LogP contribution in [0.1, 0.15) is 37.9 Å². The second kappa shape index (κ2) is 5.64. The van der Waals surface area contributed by atoms with E-state index in [2.05, 4.69) is 5.32 Å². The minimum Gasteiger partial charge on any atom is -0.447 e. The Kier molecular flexibility index (Phi) is 4.05. The fourth-order valence-corrected chi connectivity index (χ4v) is 2.96. The Labute approximate surface area is 143 Å². The second-order valence-electron chi connectivity index (χ2n) is 6.33. The van der Waals surface area contributed by atoms with E-state index in [1.54, 1.807) is 6.92 Å². The Bertz CT molecular complexity index is 645. The van der Waals surface area contributed by atoms with Crippen LogP contribution in [0.2, 0.25) is 0 Å². The molecule has 1 amide bonds. The van der Waals surface area contributed by atoms with Gasteiger partial charge in [-0.1, -0.05) is 12.1 Å². The third kappa shape index (κ3) is 3.31. The van der Waals surface area contributed by atoms with Crippen LogP contribution < -0.4 is 5.32 Å². The fraction of sp³-hybridized carbons (Fsp3) is 0.500. The Morgan fingerprint density at radius 2 is 1.87 bits per heavy atom. The van der Waals surface area contributed by atoms with E-state index in [4.69, 9.17) is 27.9 Å². The Balaban J connectivity index is 1.78. The maximum Gasteiger partial charge on any atom is 0.316 e. The molecule has 0 bridgehead atoms. The van der Waals surface area contributed by atoms with Crippen molar-refractivity contribution >= 4 is 35.1 Å². The van der Waals surface area contributed by atoms with E-state index in [1.807, 2.05) is 0 Å². The molecule has 0 aromatic heterocycles. The zero-order valence-electron chi connectivity index (χ0n) is 12.4. The van der Waals surface area contributed by atoms with E-state index in [-0.39, 0.29) is 12.5 Å². The Hall–Kier alpha value is -1.33. The van der Waals surface area contributed by atoms with Gasteiger partial charge in [-0.15, -0.1) is 23.2 Å². The summed E-state index contributed by atoms with van der Waals surface area (Å²) in [6, 6.07) is 5.38. The summed E-state index contributed by atoms with van der Waals surface area (Å²) in [6.07, 6.45) is 0.924. The molecule has 124 valence electrons. The molecule has 0 saturated heterocycles. The number of hydrogen-bond donors (Lipinski definition) is 1. The first kappa shape index (κ1) is 16.5. The van der Waals surface area contributed by atoms with E-state index in [0.717, 1.165) is 12.8 Å². The van der Waals surface area contributed by atoms with Crippen molar-refractivity contribution in [1.82, 2.24) is 5.32 Å². The molecule has 1 aromatic rings. The third-order valence-corrected chi connectivity index (χ3v) is 5.37. The highest BCUT2D eigenvalue weighted by atomic mass is 35.5. The number of carbonyl (C=O) groups is 2. The predicted molar refractivity (Wildman–Crippen MR) is 83.6 cm³/mol. The van der Waals surface area contributed by atoms with Gasteiger partial charge >= 0.3 is 5.97 Å². The van der Waals surface area contributed by atoms with Gasteiger partial charge in [0, 0.05) is 18.0 Å². The third-order valence-electron chi connectivity index (χ3n) is 4.27. The maximum absolute atomic E-state index is 13.1. The van der Waals surface area contributed by atoms with E-state index in [9.17, 15) is 14.0 Å². The van der Waals surface area contributed by atoms with Crippen LogP contribution in [0.3, 0.4) is 0 Å². The van der Waals surface area contributed by atoms with E-state index in [0.29, 0.717) is 5.56 Å². The fourth-order valence-electron chi connectivity index (χ4n) is 2.27. The van der Waals surface area contributed by atoms with Gasteiger partial charge in [0.25, 0.3) is 5.91 Å². The molecular weight excluding hydrogens is 344 g/mol. The minimum absolute atomic E-state index is 0.112. The summed E-state index contributed by atoms with van der Waals surface area (Å²) in [5.41, 5.74) is -0.634. The summed E-state index contributed by atoms with van der Waals surface area (Å²) in [6.45, 7) is 1.59. The lowest BCUT2D eigenvalue weighted by Gasteiger charge is -2.20. The summed E-state index contributed by atoms with van der Waals surface area (Å²) in [4.78, 5) is 24.7. The van der Waals surface area contributed by atoms with Crippen LogP contribution >= 0.6 is 23.2 Å². The molecule has 2 unspecified atom stereocenters. The van der Waals surface area contributed by atoms with Gasteiger partial charge in [-0.2, -0.15) is 0 Å². The molecule has 0 aliphatic heterocycles. The van der Waals surface area contributed by atoms with Gasteiger partial charge in [0.15, 0.2) is 0 Å². The van der Waals surface area contributed by atoms with Gasteiger partial charge in [0.05, 0.1) is 0 Å². The molecule has 2 saturated carbocycles. The number of amides is 1. The van der Waals surface area contributed by atoms with Crippen molar-refractivity contribution in [3.63, 3.8) is 0 Å². The number of benzene rings is 1. The molecule has 7 heteroatoms. The summed E-state index contributed by atoms with van der Waals surface area (Å²) in [5.74, 6) is -1.50. The van der Waals surface area contributed by atoms with Crippen LogP contribution in [0.5, 0.6) is 0 Å². The average molecular weight is 360 g/mol. The summed E-state index contributed by atoms with van der Waals surface area (Å²) >= 11 is 12.0. The van der Waals surface area contributed by atoms with Crippen molar-refractivity contribution in [2.75, 3.05) is 0 Å². The van der Waals surface area contributed by atoms with Gasteiger partial charge in [-0.05, 0) is 31.9 Å². The molecule has 1 N–H and O–H groups in total. The summed E-state index contributed by atoms with van der Waals surface area (Å²) < 4.78 is 17.3. The van der Waals surface area contributed by atoms with Crippen molar-refractivity contribution < 1.29 is 18.7 Å². The van der Waals surface area contributed by atoms with Crippen LogP contribution in [-0.4, -0.2) is 22.3 Å². The number of carbonyl (C=O) groups excluding carboxylic acids is 2. The molecule has 0 radical (unpaired) electrons. The largest absolute Gasteiger partial charge is 0.447 e. The highest BCUT2D eigenvalue weighted by molar-refractivity contribution is 6.53. The minimum atomic E-state index is -1.18. The molecule has 1 aromatic carbocycles. The molecule has 0 spiro atoms. The normalized spacial score (nSPS) is 26.3. The molecule has 2 atom stereocenters. The van der Waals surface area contributed by atoms with Gasteiger partial charge in [0.1, 0.15) is 15.6 Å². The van der Waals surface area contributed by atoms with Crippen molar-refractivity contribution in [3.05, 3.63) is 35.6 Å². The predicted octanol–water partition coefficient (Wildman–Crippen LogP) is 3.27. The molecular formula is C16H16Cl2FNO3. The SMILES string of the molecule is CC1(C(=O)OC(C(=O)NC2CC2)c2ccc(F)cc2)CC1(Cl)Cl. The molecule has 3 rings (SSSR count). The number of nitrogens with one attached hydrogen (secondary N) is 1. The molecule has 0 heterocycles. The Morgan fingerprint density at radius 1 is 1.30 bits per heavy atom. The number of hydrogen-bond acceptors (Lipinski definition) is 3. The zero-order valence-corrected chi connectivity index (χ0v) is 14.0. The van der Waals surface area contributed by atoms with Gasteiger partial charge in [0.2, 0.25) is 6.10 Å².